The summed E-state index contributed by atoms with van der Waals surface area (Å²) in [5.74, 6) is 2.02. The van der Waals surface area contributed by atoms with Crippen LogP contribution < -0.4 is 28.6 Å². The van der Waals surface area contributed by atoms with E-state index in [4.69, 9.17) is 23.7 Å². The zero-order valence-corrected chi connectivity index (χ0v) is 18.5. The number of amides is 1. The molecular formula is C23H29NO7. The Balaban J connectivity index is 1.99. The van der Waals surface area contributed by atoms with Crippen molar-refractivity contribution in [2.24, 2.45) is 0 Å². The number of rotatable bonds is 10. The van der Waals surface area contributed by atoms with E-state index in [2.05, 4.69) is 6.92 Å². The van der Waals surface area contributed by atoms with Gasteiger partial charge in [0.15, 0.2) is 29.1 Å². The summed E-state index contributed by atoms with van der Waals surface area (Å²) in [7, 11) is 6.11. The molecule has 1 amide bonds. The highest BCUT2D eigenvalue weighted by molar-refractivity contribution is 6.05. The number of aliphatic hydroxyl groups excluding tert-OH is 1. The van der Waals surface area contributed by atoms with Crippen molar-refractivity contribution in [1.82, 2.24) is 0 Å². The Bertz CT molecular complexity index is 905. The van der Waals surface area contributed by atoms with Gasteiger partial charge < -0.3 is 28.8 Å². The molecule has 2 aromatic carbocycles. The van der Waals surface area contributed by atoms with E-state index in [9.17, 15) is 9.90 Å². The van der Waals surface area contributed by atoms with Crippen molar-refractivity contribution in [3.05, 3.63) is 35.9 Å². The Labute approximate surface area is 182 Å². The van der Waals surface area contributed by atoms with Crippen LogP contribution in [0.4, 0.5) is 5.69 Å². The number of β-lactam (4-membered cyclic amide) rings is 1. The first-order chi connectivity index (χ1) is 15.0. The van der Waals surface area contributed by atoms with Crippen molar-refractivity contribution in [3.63, 3.8) is 0 Å². The van der Waals surface area contributed by atoms with Gasteiger partial charge in [-0.15, -0.1) is 0 Å². The highest BCUT2D eigenvalue weighted by Gasteiger charge is 2.48. The first kappa shape index (κ1) is 22.6. The molecule has 2 aromatic rings. The number of benzene rings is 2. The van der Waals surface area contributed by atoms with Gasteiger partial charge in [0.25, 0.3) is 5.91 Å². The predicted octanol–water partition coefficient (Wildman–Crippen LogP) is 3.35. The summed E-state index contributed by atoms with van der Waals surface area (Å²) in [5, 5.41) is 10.5. The smallest absolute Gasteiger partial charge is 0.259 e. The number of anilines is 1. The molecule has 1 saturated heterocycles. The van der Waals surface area contributed by atoms with Gasteiger partial charge >= 0.3 is 0 Å². The first-order valence-electron chi connectivity index (χ1n) is 10.1. The van der Waals surface area contributed by atoms with Crippen molar-refractivity contribution in [1.29, 1.82) is 0 Å². The van der Waals surface area contributed by atoms with Gasteiger partial charge in [0.2, 0.25) is 5.75 Å². The second-order valence-corrected chi connectivity index (χ2v) is 7.09. The predicted molar refractivity (Wildman–Crippen MR) is 116 cm³/mol. The standard InChI is InChI=1S/C23H29NO7/c1-6-7-10-31-17-11-14(8-9-16(17)27-2)20-21(25)23(26)24(20)15-12-18(28-3)22(30-5)19(13-15)29-4/h8-9,11-13,20-21,25H,6-7,10H2,1-5H3/t20-,21+/m0/s1. The molecule has 0 radical (unpaired) electrons. The second-order valence-electron chi connectivity index (χ2n) is 7.09. The summed E-state index contributed by atoms with van der Waals surface area (Å²) in [6.45, 7) is 2.64. The van der Waals surface area contributed by atoms with Crippen LogP contribution in [0.1, 0.15) is 31.4 Å². The average molecular weight is 431 g/mol. The lowest BCUT2D eigenvalue weighted by Gasteiger charge is -2.45. The number of ether oxygens (including phenoxy) is 5. The van der Waals surface area contributed by atoms with Crippen LogP contribution in [0.5, 0.6) is 28.7 Å². The molecule has 1 fully saturated rings. The Morgan fingerprint density at radius 1 is 0.903 bits per heavy atom. The Morgan fingerprint density at radius 3 is 2.10 bits per heavy atom. The van der Waals surface area contributed by atoms with Crippen molar-refractivity contribution in [2.75, 3.05) is 39.9 Å². The third-order valence-electron chi connectivity index (χ3n) is 5.28. The van der Waals surface area contributed by atoms with Crippen LogP contribution in [-0.4, -0.2) is 52.2 Å². The molecule has 2 atom stereocenters. The fourth-order valence-corrected chi connectivity index (χ4v) is 3.62. The van der Waals surface area contributed by atoms with Gasteiger partial charge in [0.05, 0.1) is 46.8 Å². The minimum atomic E-state index is -1.17. The third kappa shape index (κ3) is 4.20. The van der Waals surface area contributed by atoms with E-state index in [0.29, 0.717) is 41.0 Å². The molecule has 1 N–H and O–H groups in total. The SMILES string of the molecule is CCCCOc1cc([C@H]2[C@@H](O)C(=O)N2c2cc(OC)c(OC)c(OC)c2)ccc1OC. The van der Waals surface area contributed by atoms with E-state index in [1.165, 1.54) is 26.2 Å². The summed E-state index contributed by atoms with van der Waals surface area (Å²) in [5.41, 5.74) is 1.26. The lowest BCUT2D eigenvalue weighted by molar-refractivity contribution is -0.137. The number of carbonyl (C=O) groups is 1. The molecule has 1 aliphatic rings. The quantitative estimate of drug-likeness (QED) is 0.456. The number of nitrogens with zero attached hydrogens (tertiary/aromatic N) is 1. The molecule has 0 unspecified atom stereocenters. The van der Waals surface area contributed by atoms with Gasteiger partial charge in [0.1, 0.15) is 0 Å². The minimum absolute atomic E-state index is 0.413. The molecule has 0 aliphatic carbocycles. The number of methoxy groups -OCH3 is 4. The van der Waals surface area contributed by atoms with E-state index < -0.39 is 18.1 Å². The number of hydrogen-bond donors (Lipinski definition) is 1. The lowest BCUT2D eigenvalue weighted by atomic mass is 9.89. The highest BCUT2D eigenvalue weighted by atomic mass is 16.5. The minimum Gasteiger partial charge on any atom is -0.493 e. The zero-order valence-electron chi connectivity index (χ0n) is 18.5. The van der Waals surface area contributed by atoms with E-state index in [1.807, 2.05) is 6.07 Å². The Morgan fingerprint density at radius 2 is 1.55 bits per heavy atom. The zero-order chi connectivity index (χ0) is 22.5. The number of carbonyl (C=O) groups excluding carboxylic acids is 1. The summed E-state index contributed by atoms with van der Waals surface area (Å²) < 4.78 is 27.4. The Hall–Kier alpha value is -3.13. The molecule has 0 saturated carbocycles. The van der Waals surface area contributed by atoms with Gasteiger partial charge in [-0.05, 0) is 24.1 Å². The molecular weight excluding hydrogens is 402 g/mol. The molecule has 8 nitrogen and oxygen atoms in total. The van der Waals surface area contributed by atoms with Crippen LogP contribution in [0.25, 0.3) is 0 Å². The van der Waals surface area contributed by atoms with Crippen LogP contribution in [-0.2, 0) is 4.79 Å². The second kappa shape index (κ2) is 9.78. The largest absolute Gasteiger partial charge is 0.493 e. The van der Waals surface area contributed by atoms with Crippen LogP contribution >= 0.6 is 0 Å². The van der Waals surface area contributed by atoms with Crippen LogP contribution in [0.2, 0.25) is 0 Å². The molecule has 0 spiro atoms. The van der Waals surface area contributed by atoms with Gasteiger partial charge in [-0.1, -0.05) is 19.4 Å². The van der Waals surface area contributed by atoms with Crippen LogP contribution in [0.15, 0.2) is 30.3 Å². The van der Waals surface area contributed by atoms with Crippen molar-refractivity contribution >= 4 is 11.6 Å². The maximum Gasteiger partial charge on any atom is 0.259 e. The topological polar surface area (TPSA) is 86.7 Å². The van der Waals surface area contributed by atoms with E-state index in [-0.39, 0.29) is 0 Å². The molecule has 0 aromatic heterocycles. The summed E-state index contributed by atoms with van der Waals surface area (Å²) in [6.07, 6.45) is 0.749. The van der Waals surface area contributed by atoms with Crippen LogP contribution in [0.3, 0.4) is 0 Å². The lowest BCUT2D eigenvalue weighted by Crippen LogP contribution is -2.59. The molecule has 3 rings (SSSR count). The monoisotopic (exact) mass is 431 g/mol. The molecule has 1 heterocycles. The summed E-state index contributed by atoms with van der Waals surface area (Å²) in [6, 6.07) is 8.17. The summed E-state index contributed by atoms with van der Waals surface area (Å²) in [4.78, 5) is 14.1. The van der Waals surface area contributed by atoms with E-state index in [1.54, 1.807) is 31.4 Å². The van der Waals surface area contributed by atoms with Gasteiger partial charge in [-0.2, -0.15) is 0 Å². The number of hydrogen-bond acceptors (Lipinski definition) is 7. The third-order valence-corrected chi connectivity index (χ3v) is 5.28. The normalized spacial score (nSPS) is 17.7. The van der Waals surface area contributed by atoms with E-state index in [0.717, 1.165) is 18.4 Å². The van der Waals surface area contributed by atoms with Gasteiger partial charge in [0, 0.05) is 12.1 Å². The van der Waals surface area contributed by atoms with Gasteiger partial charge in [-0.3, -0.25) is 9.69 Å². The summed E-state index contributed by atoms with van der Waals surface area (Å²) >= 11 is 0. The number of unbranched alkanes of at least 4 members (excludes halogenated alkanes) is 1. The molecule has 168 valence electrons. The van der Waals surface area contributed by atoms with E-state index >= 15 is 0 Å². The molecule has 31 heavy (non-hydrogen) atoms. The Kier molecular flexibility index (Phi) is 7.12. The molecule has 1 aliphatic heterocycles. The maximum atomic E-state index is 12.6. The highest BCUT2D eigenvalue weighted by Crippen LogP contribution is 2.47. The van der Waals surface area contributed by atoms with Crippen LogP contribution in [0, 0.1) is 0 Å². The van der Waals surface area contributed by atoms with Gasteiger partial charge in [-0.25, -0.2) is 0 Å². The molecule has 0 bridgehead atoms. The fraction of sp³-hybridized carbons (Fsp3) is 0.435. The average Bonchev–Trinajstić information content (AvgIpc) is 2.80. The fourth-order valence-electron chi connectivity index (χ4n) is 3.62. The number of aliphatic hydroxyl groups is 1. The molecule has 8 heteroatoms. The van der Waals surface area contributed by atoms with Crippen molar-refractivity contribution in [2.45, 2.75) is 31.9 Å². The van der Waals surface area contributed by atoms with Crippen molar-refractivity contribution < 1.29 is 33.6 Å². The maximum absolute atomic E-state index is 12.6. The first-order valence-corrected chi connectivity index (χ1v) is 10.1. The van der Waals surface area contributed by atoms with Crippen molar-refractivity contribution in [3.8, 4) is 28.7 Å².